The van der Waals surface area contributed by atoms with Gasteiger partial charge in [-0.05, 0) is 49.2 Å². The van der Waals surface area contributed by atoms with Crippen LogP contribution in [-0.2, 0) is 6.54 Å². The van der Waals surface area contributed by atoms with E-state index in [2.05, 4.69) is 36.6 Å². The molecule has 110 valence electrons. The largest absolute Gasteiger partial charge is 0.323 e. The smallest absolute Gasteiger partial charge is 0.141 e. The molecule has 0 aliphatic heterocycles. The molecule has 0 saturated carbocycles. The van der Waals surface area contributed by atoms with Crippen molar-refractivity contribution in [2.45, 2.75) is 26.8 Å². The summed E-state index contributed by atoms with van der Waals surface area (Å²) in [5, 5.41) is 9.62. The van der Waals surface area contributed by atoms with Crippen LogP contribution < -0.4 is 0 Å². The van der Waals surface area contributed by atoms with E-state index in [9.17, 15) is 0 Å². The van der Waals surface area contributed by atoms with Gasteiger partial charge in [0, 0.05) is 17.1 Å². The lowest BCUT2D eigenvalue weighted by Crippen LogP contribution is -2.00. The molecule has 0 unspecified atom stereocenters. The normalized spacial score (nSPS) is 10.8. The van der Waals surface area contributed by atoms with Gasteiger partial charge in [0.2, 0.25) is 0 Å². The molecule has 4 heteroatoms. The van der Waals surface area contributed by atoms with Crippen LogP contribution in [0.15, 0.2) is 36.4 Å². The van der Waals surface area contributed by atoms with Gasteiger partial charge in [-0.3, -0.25) is 0 Å². The highest BCUT2D eigenvalue weighted by Gasteiger charge is 2.13. The molecule has 0 aliphatic rings. The lowest BCUT2D eigenvalue weighted by Gasteiger charge is -2.08. The van der Waals surface area contributed by atoms with Gasteiger partial charge in [0.15, 0.2) is 0 Å². The van der Waals surface area contributed by atoms with Crippen molar-refractivity contribution in [2.24, 2.45) is 0 Å². The highest BCUT2D eigenvalue weighted by Crippen LogP contribution is 2.28. The van der Waals surface area contributed by atoms with Crippen LogP contribution >= 0.6 is 11.6 Å². The van der Waals surface area contributed by atoms with Gasteiger partial charge in [-0.1, -0.05) is 23.7 Å². The van der Waals surface area contributed by atoms with Crippen LogP contribution in [-0.4, -0.2) is 9.55 Å². The van der Waals surface area contributed by atoms with Crippen molar-refractivity contribution in [1.82, 2.24) is 9.55 Å². The van der Waals surface area contributed by atoms with Crippen LogP contribution in [0.25, 0.3) is 22.4 Å². The first-order valence-corrected chi connectivity index (χ1v) is 7.58. The average Bonchev–Trinajstić information content (AvgIpc) is 2.83. The van der Waals surface area contributed by atoms with Crippen molar-refractivity contribution in [3.8, 4) is 17.5 Å². The van der Waals surface area contributed by atoms with Crippen molar-refractivity contribution in [3.05, 3.63) is 52.5 Å². The Balaban J connectivity index is 2.26. The molecule has 0 fully saturated rings. The summed E-state index contributed by atoms with van der Waals surface area (Å²) in [4.78, 5) is 4.77. The summed E-state index contributed by atoms with van der Waals surface area (Å²) >= 11 is 6.11. The van der Waals surface area contributed by atoms with E-state index >= 15 is 0 Å². The first-order valence-electron chi connectivity index (χ1n) is 7.20. The standard InChI is InChI=1S/C18H16ClN3/c1-12-9-16-17(10-13(12)2)22(8-4-7-20)18(21-16)14-5-3-6-15(19)11-14/h3,5-6,9-11H,4,8H2,1-2H3. The van der Waals surface area contributed by atoms with Crippen LogP contribution in [0.5, 0.6) is 0 Å². The molecule has 3 nitrogen and oxygen atoms in total. The number of halogens is 1. The summed E-state index contributed by atoms with van der Waals surface area (Å²) in [5.74, 6) is 0.859. The van der Waals surface area contributed by atoms with Gasteiger partial charge in [-0.2, -0.15) is 5.26 Å². The molecule has 0 saturated heterocycles. The van der Waals surface area contributed by atoms with E-state index < -0.39 is 0 Å². The predicted molar refractivity (Wildman–Crippen MR) is 89.9 cm³/mol. The number of hydrogen-bond acceptors (Lipinski definition) is 2. The number of hydrogen-bond donors (Lipinski definition) is 0. The molecule has 0 spiro atoms. The first kappa shape index (κ1) is 14.6. The van der Waals surface area contributed by atoms with Crippen LogP contribution in [0, 0.1) is 25.2 Å². The zero-order chi connectivity index (χ0) is 15.7. The third-order valence-electron chi connectivity index (χ3n) is 3.89. The quantitative estimate of drug-likeness (QED) is 0.691. The van der Waals surface area contributed by atoms with Crippen molar-refractivity contribution >= 4 is 22.6 Å². The number of fused-ring (bicyclic) bond motifs is 1. The number of aromatic nitrogens is 2. The second kappa shape index (κ2) is 5.82. The molecular formula is C18H16ClN3. The van der Waals surface area contributed by atoms with E-state index in [1.54, 1.807) is 0 Å². The van der Waals surface area contributed by atoms with E-state index in [1.165, 1.54) is 11.1 Å². The summed E-state index contributed by atoms with van der Waals surface area (Å²) in [5.41, 5.74) is 5.43. The van der Waals surface area contributed by atoms with Gasteiger partial charge < -0.3 is 4.57 Å². The number of benzene rings is 2. The lowest BCUT2D eigenvalue weighted by molar-refractivity contribution is 0.744. The molecule has 2 aromatic carbocycles. The Morgan fingerprint density at radius 3 is 2.68 bits per heavy atom. The van der Waals surface area contributed by atoms with Crippen LogP contribution in [0.3, 0.4) is 0 Å². The maximum Gasteiger partial charge on any atom is 0.141 e. The third kappa shape index (κ3) is 2.58. The fourth-order valence-electron chi connectivity index (χ4n) is 2.62. The van der Waals surface area contributed by atoms with Gasteiger partial charge >= 0.3 is 0 Å². The number of nitriles is 1. The molecular weight excluding hydrogens is 294 g/mol. The van der Waals surface area contributed by atoms with E-state index in [0.717, 1.165) is 22.4 Å². The highest BCUT2D eigenvalue weighted by atomic mass is 35.5. The summed E-state index contributed by atoms with van der Waals surface area (Å²) < 4.78 is 2.11. The van der Waals surface area contributed by atoms with Gasteiger partial charge in [0.25, 0.3) is 0 Å². The van der Waals surface area contributed by atoms with Crippen LogP contribution in [0.2, 0.25) is 5.02 Å². The van der Waals surface area contributed by atoms with Crippen molar-refractivity contribution < 1.29 is 0 Å². The number of aryl methyl sites for hydroxylation is 3. The van der Waals surface area contributed by atoms with Gasteiger partial charge in [0.05, 0.1) is 23.5 Å². The third-order valence-corrected chi connectivity index (χ3v) is 4.13. The zero-order valence-electron chi connectivity index (χ0n) is 12.6. The van der Waals surface area contributed by atoms with Gasteiger partial charge in [-0.25, -0.2) is 4.98 Å². The molecule has 1 heterocycles. The Morgan fingerprint density at radius 2 is 1.95 bits per heavy atom. The summed E-state index contributed by atoms with van der Waals surface area (Å²) in [6.07, 6.45) is 0.450. The highest BCUT2D eigenvalue weighted by molar-refractivity contribution is 6.30. The monoisotopic (exact) mass is 309 g/mol. The minimum absolute atomic E-state index is 0.450. The van der Waals surface area contributed by atoms with Gasteiger partial charge in [-0.15, -0.1) is 0 Å². The van der Waals surface area contributed by atoms with E-state index in [-0.39, 0.29) is 0 Å². The molecule has 0 bridgehead atoms. The Bertz CT molecular complexity index is 887. The first-order chi connectivity index (χ1) is 10.6. The molecule has 22 heavy (non-hydrogen) atoms. The molecule has 0 N–H and O–H groups in total. The molecule has 3 aromatic rings. The second-order valence-electron chi connectivity index (χ2n) is 5.43. The molecule has 0 aliphatic carbocycles. The van der Waals surface area contributed by atoms with Crippen LogP contribution in [0.1, 0.15) is 17.5 Å². The van der Waals surface area contributed by atoms with Gasteiger partial charge in [0.1, 0.15) is 5.82 Å². The molecule has 0 atom stereocenters. The Morgan fingerprint density at radius 1 is 1.18 bits per heavy atom. The lowest BCUT2D eigenvalue weighted by atomic mass is 10.1. The summed E-state index contributed by atoms with van der Waals surface area (Å²) in [7, 11) is 0. The number of rotatable bonds is 3. The number of nitrogens with zero attached hydrogens (tertiary/aromatic N) is 3. The Kier molecular flexibility index (Phi) is 3.87. The molecule has 1 aromatic heterocycles. The fraction of sp³-hybridized carbons (Fsp3) is 0.222. The van der Waals surface area contributed by atoms with E-state index in [4.69, 9.17) is 21.8 Å². The summed E-state index contributed by atoms with van der Waals surface area (Å²) in [6.45, 7) is 4.80. The minimum Gasteiger partial charge on any atom is -0.323 e. The average molecular weight is 310 g/mol. The number of imidazole rings is 1. The minimum atomic E-state index is 0.450. The summed E-state index contributed by atoms with van der Waals surface area (Å²) in [6, 6.07) is 14.1. The van der Waals surface area contributed by atoms with Crippen molar-refractivity contribution in [2.75, 3.05) is 0 Å². The molecule has 0 amide bonds. The Hall–Kier alpha value is -2.31. The van der Waals surface area contributed by atoms with Crippen LogP contribution in [0.4, 0.5) is 0 Å². The topological polar surface area (TPSA) is 41.6 Å². The van der Waals surface area contributed by atoms with Crippen molar-refractivity contribution in [3.63, 3.8) is 0 Å². The maximum atomic E-state index is 8.94. The van der Waals surface area contributed by atoms with E-state index in [0.29, 0.717) is 18.0 Å². The second-order valence-corrected chi connectivity index (χ2v) is 5.87. The van der Waals surface area contributed by atoms with E-state index in [1.807, 2.05) is 24.3 Å². The van der Waals surface area contributed by atoms with Crippen molar-refractivity contribution in [1.29, 1.82) is 5.26 Å². The fourth-order valence-corrected chi connectivity index (χ4v) is 2.81. The zero-order valence-corrected chi connectivity index (χ0v) is 13.4. The predicted octanol–water partition coefficient (Wildman–Crippen LogP) is 4.89. The maximum absolute atomic E-state index is 8.94. The Labute approximate surface area is 134 Å². The molecule has 0 radical (unpaired) electrons. The molecule has 3 rings (SSSR count). The SMILES string of the molecule is Cc1cc2nc(-c3cccc(Cl)c3)n(CCC#N)c2cc1C.